The van der Waals surface area contributed by atoms with E-state index in [0.29, 0.717) is 19.6 Å². The number of carbonyl (C=O) groups excluding carboxylic acids is 1. The monoisotopic (exact) mass is 287 g/mol. The molecule has 21 heavy (non-hydrogen) atoms. The number of rotatable bonds is 8. The fourth-order valence-corrected chi connectivity index (χ4v) is 2.07. The lowest BCUT2D eigenvalue weighted by atomic mass is 10.3. The second-order valence-electron chi connectivity index (χ2n) is 4.86. The van der Waals surface area contributed by atoms with Gasteiger partial charge in [-0.3, -0.25) is 4.79 Å². The first-order valence-electron chi connectivity index (χ1n) is 6.92. The predicted molar refractivity (Wildman–Crippen MR) is 81.4 cm³/mol. The number of nitrogens with zero attached hydrogens (tertiary/aromatic N) is 2. The van der Waals surface area contributed by atoms with Crippen molar-refractivity contribution in [3.05, 3.63) is 60.8 Å². The summed E-state index contributed by atoms with van der Waals surface area (Å²) in [5.41, 5.74) is 1.08. The number of hydrogen-bond donors (Lipinski definition) is 1. The number of carbonyl (C=O) groups is 1. The molecule has 0 aliphatic rings. The third kappa shape index (κ3) is 4.36. The maximum Gasteiger partial charge on any atom is 0.237 e. The summed E-state index contributed by atoms with van der Waals surface area (Å²) in [5, 5.41) is 3.04. The molecule has 2 aromatic heterocycles. The first kappa shape index (κ1) is 15.1. The molecule has 1 amide bonds. The van der Waals surface area contributed by atoms with Gasteiger partial charge in [-0.15, -0.1) is 6.58 Å². The summed E-state index contributed by atoms with van der Waals surface area (Å²) in [7, 11) is 1.97. The fourth-order valence-electron chi connectivity index (χ4n) is 2.07. The first-order valence-corrected chi connectivity index (χ1v) is 6.92. The molecule has 0 aromatic carbocycles. The molecule has 5 heteroatoms. The Bertz CT molecular complexity index is 572. The van der Waals surface area contributed by atoms with Crippen LogP contribution in [0.5, 0.6) is 0 Å². The molecule has 2 rings (SSSR count). The summed E-state index contributed by atoms with van der Waals surface area (Å²) in [4.78, 5) is 14.1. The lowest BCUT2D eigenvalue weighted by Crippen LogP contribution is -2.37. The number of hydrogen-bond acceptors (Lipinski definition) is 3. The third-order valence-electron chi connectivity index (χ3n) is 3.25. The zero-order valence-electron chi connectivity index (χ0n) is 12.3. The molecule has 2 aromatic rings. The van der Waals surface area contributed by atoms with Crippen LogP contribution in [-0.4, -0.2) is 28.5 Å². The molecular weight excluding hydrogens is 266 g/mol. The van der Waals surface area contributed by atoms with Gasteiger partial charge in [-0.1, -0.05) is 6.08 Å². The normalized spacial score (nSPS) is 10.5. The summed E-state index contributed by atoms with van der Waals surface area (Å²) < 4.78 is 7.37. The van der Waals surface area contributed by atoms with Gasteiger partial charge in [0.15, 0.2) is 0 Å². The molecule has 0 aliphatic carbocycles. The number of aryl methyl sites for hydroxylation is 1. The largest absolute Gasteiger partial charge is 0.467 e. The molecule has 0 atom stereocenters. The molecule has 0 saturated carbocycles. The van der Waals surface area contributed by atoms with Crippen LogP contribution in [0.4, 0.5) is 0 Å². The van der Waals surface area contributed by atoms with Gasteiger partial charge in [-0.25, -0.2) is 0 Å². The van der Waals surface area contributed by atoms with Crippen molar-refractivity contribution < 1.29 is 9.21 Å². The van der Waals surface area contributed by atoms with Crippen molar-refractivity contribution in [2.24, 2.45) is 7.05 Å². The van der Waals surface area contributed by atoms with Gasteiger partial charge in [0.05, 0.1) is 25.9 Å². The van der Waals surface area contributed by atoms with Crippen LogP contribution in [0.2, 0.25) is 0 Å². The van der Waals surface area contributed by atoms with Gasteiger partial charge < -0.3 is 19.2 Å². The van der Waals surface area contributed by atoms with E-state index in [1.807, 2.05) is 42.1 Å². The van der Waals surface area contributed by atoms with Crippen LogP contribution in [0.3, 0.4) is 0 Å². The van der Waals surface area contributed by atoms with E-state index < -0.39 is 0 Å². The van der Waals surface area contributed by atoms with Gasteiger partial charge in [0.2, 0.25) is 5.91 Å². The van der Waals surface area contributed by atoms with Gasteiger partial charge in [0.25, 0.3) is 0 Å². The van der Waals surface area contributed by atoms with Crippen molar-refractivity contribution in [1.29, 1.82) is 0 Å². The topological polar surface area (TPSA) is 50.4 Å². The smallest absolute Gasteiger partial charge is 0.237 e. The Hall–Kier alpha value is -2.27. The molecule has 0 saturated heterocycles. The quantitative estimate of drug-likeness (QED) is 0.596. The molecule has 0 spiro atoms. The second kappa shape index (κ2) is 7.50. The fraction of sp³-hybridized carbons (Fsp3) is 0.312. The van der Waals surface area contributed by atoms with E-state index in [1.165, 1.54) is 0 Å². The number of aromatic nitrogens is 1. The zero-order chi connectivity index (χ0) is 15.1. The molecular formula is C16H21N3O2. The van der Waals surface area contributed by atoms with Crippen molar-refractivity contribution >= 4 is 5.91 Å². The minimum atomic E-state index is 0.0365. The van der Waals surface area contributed by atoms with Crippen molar-refractivity contribution in [2.45, 2.75) is 13.1 Å². The number of nitrogens with one attached hydrogen (secondary N) is 1. The first-order chi connectivity index (χ1) is 10.2. The number of furan rings is 1. The van der Waals surface area contributed by atoms with E-state index in [9.17, 15) is 4.79 Å². The van der Waals surface area contributed by atoms with E-state index in [4.69, 9.17) is 4.42 Å². The highest BCUT2D eigenvalue weighted by Crippen LogP contribution is 2.11. The Labute approximate surface area is 124 Å². The Morgan fingerprint density at radius 2 is 2.29 bits per heavy atom. The highest BCUT2D eigenvalue weighted by atomic mass is 16.3. The van der Waals surface area contributed by atoms with Crippen molar-refractivity contribution in [3.8, 4) is 0 Å². The van der Waals surface area contributed by atoms with Crippen LogP contribution >= 0.6 is 0 Å². The highest BCUT2D eigenvalue weighted by Gasteiger charge is 2.16. The van der Waals surface area contributed by atoms with Crippen LogP contribution in [0, 0.1) is 0 Å². The molecule has 2 heterocycles. The summed E-state index contributed by atoms with van der Waals surface area (Å²) in [6.45, 7) is 5.55. The van der Waals surface area contributed by atoms with Gasteiger partial charge in [-0.2, -0.15) is 0 Å². The van der Waals surface area contributed by atoms with Crippen molar-refractivity contribution in [2.75, 3.05) is 13.1 Å². The van der Waals surface area contributed by atoms with Crippen molar-refractivity contribution in [3.63, 3.8) is 0 Å². The average Bonchev–Trinajstić information content (AvgIpc) is 3.11. The Morgan fingerprint density at radius 1 is 1.43 bits per heavy atom. The summed E-state index contributed by atoms with van der Waals surface area (Å²) >= 11 is 0. The maximum atomic E-state index is 12.4. The second-order valence-corrected chi connectivity index (χ2v) is 4.86. The predicted octanol–water partition coefficient (Wildman–Crippen LogP) is 1.92. The Morgan fingerprint density at radius 3 is 2.90 bits per heavy atom. The third-order valence-corrected chi connectivity index (χ3v) is 3.25. The summed E-state index contributed by atoms with van der Waals surface area (Å²) in [6, 6.07) is 7.69. The Balaban J connectivity index is 2.04. The van der Waals surface area contributed by atoms with Crippen LogP contribution in [0.15, 0.2) is 53.8 Å². The lowest BCUT2D eigenvalue weighted by Gasteiger charge is -2.22. The van der Waals surface area contributed by atoms with Crippen LogP contribution in [0.25, 0.3) is 0 Å². The SMILES string of the molecule is C=CCNCC(=O)N(Cc1ccco1)Cc1cccn1C. The lowest BCUT2D eigenvalue weighted by molar-refractivity contribution is -0.131. The van der Waals surface area contributed by atoms with E-state index in [-0.39, 0.29) is 12.5 Å². The Kier molecular flexibility index (Phi) is 5.40. The molecule has 1 N–H and O–H groups in total. The minimum absolute atomic E-state index is 0.0365. The van der Waals surface area contributed by atoms with Crippen molar-refractivity contribution in [1.82, 2.24) is 14.8 Å². The van der Waals surface area contributed by atoms with Gasteiger partial charge in [0.1, 0.15) is 5.76 Å². The molecule has 5 nitrogen and oxygen atoms in total. The molecule has 0 radical (unpaired) electrons. The standard InChI is InChI=1S/C16H21N3O2/c1-3-8-17-11-16(20)19(13-15-7-5-10-21-15)12-14-6-4-9-18(14)2/h3-7,9-10,17H,1,8,11-13H2,2H3. The van der Waals surface area contributed by atoms with E-state index in [0.717, 1.165) is 11.5 Å². The highest BCUT2D eigenvalue weighted by molar-refractivity contribution is 5.78. The minimum Gasteiger partial charge on any atom is -0.467 e. The van der Waals surface area contributed by atoms with Crippen LogP contribution in [-0.2, 0) is 24.9 Å². The van der Waals surface area contributed by atoms with Gasteiger partial charge >= 0.3 is 0 Å². The van der Waals surface area contributed by atoms with Gasteiger partial charge in [0, 0.05) is 25.5 Å². The average molecular weight is 287 g/mol. The molecule has 112 valence electrons. The number of amides is 1. The molecule has 0 unspecified atom stereocenters. The van der Waals surface area contributed by atoms with Crippen LogP contribution < -0.4 is 5.32 Å². The van der Waals surface area contributed by atoms with E-state index in [1.54, 1.807) is 17.2 Å². The summed E-state index contributed by atoms with van der Waals surface area (Å²) in [5.74, 6) is 0.815. The maximum absolute atomic E-state index is 12.4. The van der Waals surface area contributed by atoms with E-state index >= 15 is 0 Å². The van der Waals surface area contributed by atoms with Crippen LogP contribution in [0.1, 0.15) is 11.5 Å². The molecule has 0 bridgehead atoms. The zero-order valence-corrected chi connectivity index (χ0v) is 12.3. The van der Waals surface area contributed by atoms with E-state index in [2.05, 4.69) is 11.9 Å². The molecule has 0 fully saturated rings. The summed E-state index contributed by atoms with van der Waals surface area (Å²) in [6.07, 6.45) is 5.33. The van der Waals surface area contributed by atoms with Gasteiger partial charge in [-0.05, 0) is 24.3 Å². The molecule has 0 aliphatic heterocycles.